The highest BCUT2D eigenvalue weighted by atomic mass is 16.3. The van der Waals surface area contributed by atoms with Crippen molar-refractivity contribution in [3.63, 3.8) is 0 Å². The number of nitrogens with one attached hydrogen (secondary N) is 3. The largest absolute Gasteiger partial charge is 0.467 e. The number of H-pyrrole nitrogens is 2. The summed E-state index contributed by atoms with van der Waals surface area (Å²) in [5.74, 6) is 0.386. The second-order valence-corrected chi connectivity index (χ2v) is 5.86. The van der Waals surface area contributed by atoms with E-state index in [1.807, 2.05) is 24.3 Å². The number of aromatic nitrogens is 4. The molecule has 3 N–H and O–H groups in total. The molecule has 0 spiro atoms. The number of amides is 1. The zero-order valence-corrected chi connectivity index (χ0v) is 14.1. The molecule has 9 heteroatoms. The predicted octanol–water partition coefficient (Wildman–Crippen LogP) is 0.984. The topological polar surface area (TPSA) is 126 Å². The van der Waals surface area contributed by atoms with E-state index in [0.29, 0.717) is 11.6 Å². The summed E-state index contributed by atoms with van der Waals surface area (Å²) in [7, 11) is 0. The van der Waals surface area contributed by atoms with Gasteiger partial charge in [0.2, 0.25) is 0 Å². The van der Waals surface area contributed by atoms with Gasteiger partial charge in [-0.3, -0.25) is 14.2 Å². The average molecular weight is 365 g/mol. The monoisotopic (exact) mass is 365 g/mol. The van der Waals surface area contributed by atoms with Crippen molar-refractivity contribution in [1.82, 2.24) is 24.8 Å². The SMILES string of the molecule is O=C(NCc1nc2ccccc2[nH]1)c1c[nH]c(=O)n(Cc2ccco2)c1=O. The molecule has 3 heterocycles. The van der Waals surface area contributed by atoms with Crippen LogP contribution in [-0.4, -0.2) is 25.4 Å². The minimum Gasteiger partial charge on any atom is -0.467 e. The predicted molar refractivity (Wildman–Crippen MR) is 96.4 cm³/mol. The molecule has 27 heavy (non-hydrogen) atoms. The number of benzene rings is 1. The Kier molecular flexibility index (Phi) is 4.17. The van der Waals surface area contributed by atoms with E-state index in [9.17, 15) is 14.4 Å². The first kappa shape index (κ1) is 16.6. The van der Waals surface area contributed by atoms with Gasteiger partial charge in [0.25, 0.3) is 11.5 Å². The zero-order chi connectivity index (χ0) is 18.8. The first-order valence-corrected chi connectivity index (χ1v) is 8.18. The van der Waals surface area contributed by atoms with Crippen LogP contribution >= 0.6 is 0 Å². The summed E-state index contributed by atoms with van der Waals surface area (Å²) in [5, 5.41) is 2.63. The molecule has 0 fully saturated rings. The molecule has 0 saturated carbocycles. The number of furan rings is 1. The van der Waals surface area contributed by atoms with Crippen molar-refractivity contribution in [2.24, 2.45) is 0 Å². The van der Waals surface area contributed by atoms with Crippen LogP contribution in [0.1, 0.15) is 21.9 Å². The highest BCUT2D eigenvalue weighted by molar-refractivity contribution is 5.93. The standard InChI is InChI=1S/C18H15N5O4/c24-16(19-9-15-21-13-5-1-2-6-14(13)22-15)12-8-20-18(26)23(17(12)25)10-11-4-3-7-27-11/h1-8H,9-10H2,(H,19,24)(H,20,26)(H,21,22). The summed E-state index contributed by atoms with van der Waals surface area (Å²) in [6.07, 6.45) is 2.55. The van der Waals surface area contributed by atoms with Gasteiger partial charge in [0.15, 0.2) is 0 Å². The molecular weight excluding hydrogens is 350 g/mol. The van der Waals surface area contributed by atoms with E-state index in [2.05, 4.69) is 20.3 Å². The Labute approximate surface area is 151 Å². The van der Waals surface area contributed by atoms with Crippen LogP contribution in [0.15, 0.2) is 62.9 Å². The van der Waals surface area contributed by atoms with Gasteiger partial charge < -0.3 is 19.7 Å². The van der Waals surface area contributed by atoms with Crippen molar-refractivity contribution in [3.05, 3.63) is 86.8 Å². The third kappa shape index (κ3) is 3.30. The summed E-state index contributed by atoms with van der Waals surface area (Å²) >= 11 is 0. The van der Waals surface area contributed by atoms with Crippen molar-refractivity contribution in [2.45, 2.75) is 13.1 Å². The fourth-order valence-electron chi connectivity index (χ4n) is 2.72. The van der Waals surface area contributed by atoms with Gasteiger partial charge >= 0.3 is 5.69 Å². The number of hydrogen-bond donors (Lipinski definition) is 3. The second kappa shape index (κ2) is 6.79. The van der Waals surface area contributed by atoms with Crippen molar-refractivity contribution in [3.8, 4) is 0 Å². The number of para-hydroxylation sites is 2. The van der Waals surface area contributed by atoms with Crippen molar-refractivity contribution in [2.75, 3.05) is 0 Å². The van der Waals surface area contributed by atoms with Crippen molar-refractivity contribution in [1.29, 1.82) is 0 Å². The van der Waals surface area contributed by atoms with Gasteiger partial charge in [0.1, 0.15) is 17.1 Å². The molecule has 0 aliphatic carbocycles. The third-order valence-electron chi connectivity index (χ3n) is 4.05. The zero-order valence-electron chi connectivity index (χ0n) is 14.1. The first-order chi connectivity index (χ1) is 13.1. The molecule has 0 radical (unpaired) electrons. The molecule has 3 aromatic heterocycles. The van der Waals surface area contributed by atoms with Crippen molar-refractivity contribution >= 4 is 16.9 Å². The number of imidazole rings is 1. The van der Waals surface area contributed by atoms with E-state index < -0.39 is 17.2 Å². The van der Waals surface area contributed by atoms with Gasteiger partial charge in [0.05, 0.1) is 30.4 Å². The third-order valence-corrected chi connectivity index (χ3v) is 4.05. The number of rotatable bonds is 5. The van der Waals surface area contributed by atoms with Gasteiger partial charge in [-0.05, 0) is 24.3 Å². The lowest BCUT2D eigenvalue weighted by molar-refractivity contribution is 0.0947. The lowest BCUT2D eigenvalue weighted by atomic mass is 10.3. The lowest BCUT2D eigenvalue weighted by Crippen LogP contribution is -2.40. The molecule has 136 valence electrons. The van der Waals surface area contributed by atoms with Gasteiger partial charge in [-0.1, -0.05) is 12.1 Å². The smallest absolute Gasteiger partial charge is 0.328 e. The average Bonchev–Trinajstić information content (AvgIpc) is 3.32. The molecule has 4 aromatic rings. The summed E-state index contributed by atoms with van der Waals surface area (Å²) in [4.78, 5) is 46.7. The number of fused-ring (bicyclic) bond motifs is 1. The highest BCUT2D eigenvalue weighted by Gasteiger charge is 2.16. The fourth-order valence-corrected chi connectivity index (χ4v) is 2.72. The Hall–Kier alpha value is -3.88. The first-order valence-electron chi connectivity index (χ1n) is 8.18. The van der Waals surface area contributed by atoms with Crippen LogP contribution in [0.5, 0.6) is 0 Å². The Morgan fingerprint density at radius 3 is 2.81 bits per heavy atom. The van der Waals surface area contributed by atoms with Crippen LogP contribution in [0, 0.1) is 0 Å². The Morgan fingerprint density at radius 2 is 2.04 bits per heavy atom. The molecule has 9 nitrogen and oxygen atoms in total. The maximum absolute atomic E-state index is 12.5. The van der Waals surface area contributed by atoms with Gasteiger partial charge in [-0.2, -0.15) is 0 Å². The van der Waals surface area contributed by atoms with E-state index >= 15 is 0 Å². The van der Waals surface area contributed by atoms with Crippen LogP contribution in [0.2, 0.25) is 0 Å². The minimum absolute atomic E-state index is 0.0636. The number of nitrogens with zero attached hydrogens (tertiary/aromatic N) is 2. The molecule has 4 rings (SSSR count). The molecule has 1 amide bonds. The quantitative estimate of drug-likeness (QED) is 0.486. The molecule has 0 saturated heterocycles. The van der Waals surface area contributed by atoms with E-state index in [4.69, 9.17) is 4.42 Å². The van der Waals surface area contributed by atoms with E-state index in [-0.39, 0.29) is 18.7 Å². The van der Waals surface area contributed by atoms with Gasteiger partial charge in [-0.15, -0.1) is 0 Å². The fraction of sp³-hybridized carbons (Fsp3) is 0.111. The number of carbonyl (C=O) groups is 1. The van der Waals surface area contributed by atoms with Gasteiger partial charge in [-0.25, -0.2) is 9.78 Å². The van der Waals surface area contributed by atoms with E-state index in [0.717, 1.165) is 21.8 Å². The van der Waals surface area contributed by atoms with Crippen molar-refractivity contribution < 1.29 is 9.21 Å². The molecular formula is C18H15N5O4. The Balaban J connectivity index is 1.54. The molecule has 0 unspecified atom stereocenters. The minimum atomic E-state index is -0.697. The number of carbonyl (C=O) groups excluding carboxylic acids is 1. The summed E-state index contributed by atoms with van der Waals surface area (Å²) in [6.45, 7) is 0.0517. The molecule has 0 aliphatic rings. The molecule has 0 aliphatic heterocycles. The highest BCUT2D eigenvalue weighted by Crippen LogP contribution is 2.10. The van der Waals surface area contributed by atoms with E-state index in [1.54, 1.807) is 12.1 Å². The van der Waals surface area contributed by atoms with Crippen LogP contribution < -0.4 is 16.6 Å². The summed E-state index contributed by atoms with van der Waals surface area (Å²) < 4.78 is 6.07. The lowest BCUT2D eigenvalue weighted by Gasteiger charge is -2.06. The molecule has 1 aromatic carbocycles. The Bertz CT molecular complexity index is 1180. The molecule has 0 atom stereocenters. The number of hydrogen-bond acceptors (Lipinski definition) is 5. The number of aromatic amines is 2. The van der Waals surface area contributed by atoms with Crippen LogP contribution in [0.3, 0.4) is 0 Å². The molecule has 0 bridgehead atoms. The Morgan fingerprint density at radius 1 is 1.19 bits per heavy atom. The maximum Gasteiger partial charge on any atom is 0.328 e. The maximum atomic E-state index is 12.5. The second-order valence-electron chi connectivity index (χ2n) is 5.86. The summed E-state index contributed by atoms with van der Waals surface area (Å²) in [6, 6.07) is 10.8. The van der Waals surface area contributed by atoms with Crippen LogP contribution in [-0.2, 0) is 13.1 Å². The van der Waals surface area contributed by atoms with Crippen LogP contribution in [0.25, 0.3) is 11.0 Å². The normalized spacial score (nSPS) is 11.0. The summed E-state index contributed by atoms with van der Waals surface area (Å²) in [5.41, 5.74) is 0.151. The van der Waals surface area contributed by atoms with Gasteiger partial charge in [0, 0.05) is 6.20 Å². The van der Waals surface area contributed by atoms with E-state index in [1.165, 1.54) is 6.26 Å². The van der Waals surface area contributed by atoms with Crippen LogP contribution in [0.4, 0.5) is 0 Å².